The summed E-state index contributed by atoms with van der Waals surface area (Å²) < 4.78 is 38.1. The number of piperidine rings is 2. The van der Waals surface area contributed by atoms with Crippen LogP contribution in [0.25, 0.3) is 22.1 Å². The minimum Gasteiger partial charge on any atom is -0.447 e. The van der Waals surface area contributed by atoms with Gasteiger partial charge in [-0.05, 0) is 76.6 Å². The van der Waals surface area contributed by atoms with E-state index >= 15 is 0 Å². The van der Waals surface area contributed by atoms with Crippen LogP contribution in [0.4, 0.5) is 18.4 Å². The number of hydrogen-bond donors (Lipinski definition) is 2. The van der Waals surface area contributed by atoms with Crippen LogP contribution in [0.3, 0.4) is 0 Å². The number of ether oxygens (including phenoxy) is 2. The quantitative estimate of drug-likeness (QED) is 0.253. The largest absolute Gasteiger partial charge is 0.447 e. The number of nitrogens with one attached hydrogen (secondary N) is 2. The Labute approximate surface area is 324 Å². The Balaban J connectivity index is 0.000000172. The van der Waals surface area contributed by atoms with Gasteiger partial charge < -0.3 is 29.2 Å². The number of H-pyrrole nitrogens is 2. The zero-order valence-electron chi connectivity index (χ0n) is 32.4. The Morgan fingerprint density at radius 3 is 1.39 bits per heavy atom. The second kappa shape index (κ2) is 16.8. The van der Waals surface area contributed by atoms with Gasteiger partial charge in [-0.1, -0.05) is 24.3 Å². The highest BCUT2D eigenvalue weighted by molar-refractivity contribution is 5.76. The number of imidazole rings is 2. The molecule has 8 rings (SSSR count). The molecule has 4 aromatic rings. The van der Waals surface area contributed by atoms with E-state index in [1.54, 1.807) is 9.80 Å². The van der Waals surface area contributed by atoms with Gasteiger partial charge >= 0.3 is 23.6 Å². The summed E-state index contributed by atoms with van der Waals surface area (Å²) in [5.74, 6) is 0. The van der Waals surface area contributed by atoms with E-state index in [0.717, 1.165) is 86.8 Å². The van der Waals surface area contributed by atoms with Crippen molar-refractivity contribution in [1.29, 1.82) is 0 Å². The summed E-state index contributed by atoms with van der Waals surface area (Å²) in [4.78, 5) is 63.0. The number of nitrogens with zero attached hydrogens (tertiary/aromatic N) is 6. The summed E-state index contributed by atoms with van der Waals surface area (Å²) in [5.41, 5.74) is 3.36. The second-order valence-corrected chi connectivity index (χ2v) is 16.0. The van der Waals surface area contributed by atoms with E-state index in [1.165, 1.54) is 0 Å². The number of amides is 2. The molecule has 0 spiro atoms. The third kappa shape index (κ3) is 8.08. The molecule has 0 saturated carbocycles. The van der Waals surface area contributed by atoms with Gasteiger partial charge in [0.2, 0.25) is 0 Å². The van der Waals surface area contributed by atoms with Crippen LogP contribution in [0.2, 0.25) is 0 Å². The summed E-state index contributed by atoms with van der Waals surface area (Å²) in [6.07, 6.45) is 4.45. The molecule has 4 aliphatic heterocycles. The molecular formula is C40H54F2N8O6. The number of likely N-dealkylation sites (tertiary alicyclic amines) is 4. The Morgan fingerprint density at radius 1 is 0.643 bits per heavy atom. The second-order valence-electron chi connectivity index (χ2n) is 16.0. The molecule has 6 heterocycles. The number of aromatic amines is 2. The maximum Gasteiger partial charge on any atom is 0.409 e. The molecule has 4 aliphatic rings. The van der Waals surface area contributed by atoms with Gasteiger partial charge in [-0.15, -0.1) is 0 Å². The first kappa shape index (κ1) is 39.5. The predicted octanol–water partition coefficient (Wildman–Crippen LogP) is 5.07. The summed E-state index contributed by atoms with van der Waals surface area (Å²) in [6, 6.07) is 15.9. The van der Waals surface area contributed by atoms with Crippen LogP contribution in [0, 0.1) is 0 Å². The van der Waals surface area contributed by atoms with Gasteiger partial charge in [-0.2, -0.15) is 0 Å². The number of fused-ring (bicyclic) bond motifs is 2. The average molecular weight is 781 g/mol. The number of halogens is 2. The van der Waals surface area contributed by atoms with E-state index in [1.807, 2.05) is 57.7 Å². The molecular weight excluding hydrogens is 726 g/mol. The van der Waals surface area contributed by atoms with Crippen LogP contribution in [0.5, 0.6) is 0 Å². The van der Waals surface area contributed by atoms with Gasteiger partial charge in [0.1, 0.15) is 26.6 Å². The maximum absolute atomic E-state index is 12.5. The maximum atomic E-state index is 12.5. The number of carbonyl (C=O) groups excluding carboxylic acids is 2. The highest BCUT2D eigenvalue weighted by Crippen LogP contribution is 2.35. The Morgan fingerprint density at radius 2 is 1.02 bits per heavy atom. The zero-order chi connectivity index (χ0) is 39.5. The number of aromatic nitrogens is 4. The molecule has 16 heteroatoms. The number of alkyl halides is 2. The highest BCUT2D eigenvalue weighted by Gasteiger charge is 2.44. The van der Waals surface area contributed by atoms with E-state index in [2.05, 4.69) is 33.6 Å². The van der Waals surface area contributed by atoms with Gasteiger partial charge in [0, 0.05) is 75.5 Å². The van der Waals surface area contributed by atoms with Crippen molar-refractivity contribution in [1.82, 2.24) is 38.7 Å². The fourth-order valence-corrected chi connectivity index (χ4v) is 9.35. The number of rotatable bonds is 8. The van der Waals surface area contributed by atoms with Gasteiger partial charge in [0.05, 0.1) is 22.1 Å². The van der Waals surface area contributed by atoms with E-state index in [0.29, 0.717) is 26.2 Å². The topological polar surface area (TPSA) is 141 Å². The first-order valence-electron chi connectivity index (χ1n) is 19.9. The standard InChI is InChI=1S/2C20H27FN4O3/c2*1-20(8-12-23(14-20)19(27)28-13-9-21)24-10-6-15(7-11-24)25-17-5-3-2-4-16(17)22-18(25)26/h2*2-5,15H,6-14H2,1H3,(H,22,26). The lowest BCUT2D eigenvalue weighted by molar-refractivity contribution is 0.0621. The molecule has 0 bridgehead atoms. The minimum absolute atomic E-state index is 0.0477. The van der Waals surface area contributed by atoms with Crippen molar-refractivity contribution < 1.29 is 27.8 Å². The molecule has 2 unspecified atom stereocenters. The molecule has 304 valence electrons. The molecule has 2 N–H and O–H groups in total. The smallest absolute Gasteiger partial charge is 0.409 e. The van der Waals surface area contributed by atoms with Crippen molar-refractivity contribution >= 4 is 34.3 Å². The fraction of sp³-hybridized carbons (Fsp3) is 0.600. The van der Waals surface area contributed by atoms with Gasteiger partial charge in [0.25, 0.3) is 0 Å². The van der Waals surface area contributed by atoms with Crippen molar-refractivity contribution in [3.05, 3.63) is 69.5 Å². The van der Waals surface area contributed by atoms with Gasteiger partial charge in [-0.25, -0.2) is 28.0 Å². The molecule has 4 fully saturated rings. The van der Waals surface area contributed by atoms with Crippen molar-refractivity contribution in [3.63, 3.8) is 0 Å². The molecule has 0 radical (unpaired) electrons. The van der Waals surface area contributed by atoms with Crippen LogP contribution in [0.1, 0.15) is 64.5 Å². The molecule has 2 atom stereocenters. The molecule has 14 nitrogen and oxygen atoms in total. The van der Waals surface area contributed by atoms with Crippen LogP contribution in [-0.2, 0) is 9.47 Å². The van der Waals surface area contributed by atoms with Gasteiger partial charge in [-0.3, -0.25) is 18.9 Å². The number of hydrogen-bond acceptors (Lipinski definition) is 8. The van der Waals surface area contributed by atoms with Gasteiger partial charge in [0.15, 0.2) is 0 Å². The van der Waals surface area contributed by atoms with E-state index in [-0.39, 0.29) is 47.8 Å². The number of benzene rings is 2. The summed E-state index contributed by atoms with van der Waals surface area (Å²) in [6.45, 7) is 8.62. The number of para-hydroxylation sites is 4. The normalized spacial score (nSPS) is 24.1. The Bertz CT molecular complexity index is 1950. The Hall–Kier alpha value is -4.70. The van der Waals surface area contributed by atoms with Crippen LogP contribution < -0.4 is 11.4 Å². The summed E-state index contributed by atoms with van der Waals surface area (Å²) in [7, 11) is 0. The van der Waals surface area contributed by atoms with Crippen molar-refractivity contribution in [3.8, 4) is 0 Å². The van der Waals surface area contributed by atoms with Crippen LogP contribution in [0.15, 0.2) is 58.1 Å². The molecule has 56 heavy (non-hydrogen) atoms. The van der Waals surface area contributed by atoms with E-state index in [4.69, 9.17) is 9.47 Å². The first-order chi connectivity index (χ1) is 27.0. The monoisotopic (exact) mass is 780 g/mol. The zero-order valence-corrected chi connectivity index (χ0v) is 32.4. The molecule has 2 aromatic carbocycles. The average Bonchev–Trinajstić information content (AvgIpc) is 3.99. The number of carbonyl (C=O) groups is 2. The fourth-order valence-electron chi connectivity index (χ4n) is 9.35. The molecule has 0 aliphatic carbocycles. The lowest BCUT2D eigenvalue weighted by Gasteiger charge is -2.43. The summed E-state index contributed by atoms with van der Waals surface area (Å²) >= 11 is 0. The minimum atomic E-state index is -0.655. The molecule has 2 amide bonds. The first-order valence-corrected chi connectivity index (χ1v) is 19.9. The Kier molecular flexibility index (Phi) is 11.9. The third-order valence-electron chi connectivity index (χ3n) is 12.5. The highest BCUT2D eigenvalue weighted by atomic mass is 19.1. The SMILES string of the molecule is CC1(N2CCC(n3c(=O)[nH]c4ccccc43)CC2)CCN(C(=O)OCCF)C1.CC1(N2CCC(n3c(=O)[nH]c4ccccc43)CC2)CCN(C(=O)OCCF)C1. The third-order valence-corrected chi connectivity index (χ3v) is 12.5. The van der Waals surface area contributed by atoms with Crippen molar-refractivity contribution in [2.24, 2.45) is 0 Å². The lowest BCUT2D eigenvalue weighted by atomic mass is 9.94. The van der Waals surface area contributed by atoms with Crippen molar-refractivity contribution in [2.45, 2.75) is 75.5 Å². The molecule has 4 saturated heterocycles. The predicted molar refractivity (Wildman–Crippen MR) is 209 cm³/mol. The van der Waals surface area contributed by atoms with E-state index < -0.39 is 25.5 Å². The van der Waals surface area contributed by atoms with Crippen LogP contribution >= 0.6 is 0 Å². The van der Waals surface area contributed by atoms with E-state index in [9.17, 15) is 28.0 Å². The molecule has 2 aromatic heterocycles. The van der Waals surface area contributed by atoms with Crippen LogP contribution in [-0.4, -0.2) is 141 Å². The summed E-state index contributed by atoms with van der Waals surface area (Å²) in [5, 5.41) is 0. The van der Waals surface area contributed by atoms with Crippen molar-refractivity contribution in [2.75, 3.05) is 78.9 Å². The lowest BCUT2D eigenvalue weighted by Crippen LogP contribution is -2.52.